The zero-order valence-electron chi connectivity index (χ0n) is 11.5. The van der Waals surface area contributed by atoms with Crippen molar-refractivity contribution in [3.8, 4) is 5.75 Å². The van der Waals surface area contributed by atoms with Gasteiger partial charge < -0.3 is 15.4 Å². The SMILES string of the molecule is CNc1ccc(Cl)cc1C(=O)Nc1ccc(F)cc1OC. The molecule has 2 aromatic rings. The molecule has 0 saturated heterocycles. The monoisotopic (exact) mass is 308 g/mol. The molecule has 0 saturated carbocycles. The van der Waals surface area contributed by atoms with Crippen molar-refractivity contribution in [2.24, 2.45) is 0 Å². The first-order valence-electron chi connectivity index (χ1n) is 6.17. The molecule has 0 spiro atoms. The third-order valence-corrected chi connectivity index (χ3v) is 3.14. The van der Waals surface area contributed by atoms with Crippen molar-refractivity contribution in [1.82, 2.24) is 0 Å². The molecule has 4 nitrogen and oxygen atoms in total. The van der Waals surface area contributed by atoms with Gasteiger partial charge in [0.2, 0.25) is 0 Å². The molecule has 0 bridgehead atoms. The Bertz CT molecular complexity index is 677. The molecule has 110 valence electrons. The standard InChI is InChI=1S/C15H14ClFN2O2/c1-18-12-5-3-9(16)7-11(12)15(20)19-13-6-4-10(17)8-14(13)21-2/h3-8,18H,1-2H3,(H,19,20). The van der Waals surface area contributed by atoms with Crippen LogP contribution in [-0.2, 0) is 0 Å². The molecular weight excluding hydrogens is 295 g/mol. The molecule has 2 rings (SSSR count). The van der Waals surface area contributed by atoms with Crippen molar-refractivity contribution in [1.29, 1.82) is 0 Å². The first-order chi connectivity index (χ1) is 10.0. The predicted molar refractivity (Wildman–Crippen MR) is 81.9 cm³/mol. The Labute approximate surface area is 126 Å². The topological polar surface area (TPSA) is 50.4 Å². The Hall–Kier alpha value is -2.27. The van der Waals surface area contributed by atoms with Gasteiger partial charge in [-0.05, 0) is 30.3 Å². The van der Waals surface area contributed by atoms with E-state index in [9.17, 15) is 9.18 Å². The van der Waals surface area contributed by atoms with E-state index in [2.05, 4.69) is 10.6 Å². The molecule has 0 aliphatic heterocycles. The lowest BCUT2D eigenvalue weighted by atomic mass is 10.1. The van der Waals surface area contributed by atoms with Gasteiger partial charge in [0.1, 0.15) is 11.6 Å². The molecule has 0 aliphatic carbocycles. The molecule has 1 amide bonds. The second-order valence-corrected chi connectivity index (χ2v) is 4.68. The Balaban J connectivity index is 2.32. The van der Waals surface area contributed by atoms with E-state index in [1.807, 2.05) is 0 Å². The lowest BCUT2D eigenvalue weighted by Crippen LogP contribution is -2.14. The number of carbonyl (C=O) groups is 1. The molecule has 2 aromatic carbocycles. The van der Waals surface area contributed by atoms with E-state index in [0.29, 0.717) is 22.0 Å². The van der Waals surface area contributed by atoms with Gasteiger partial charge in [-0.3, -0.25) is 4.79 Å². The second-order valence-electron chi connectivity index (χ2n) is 4.24. The summed E-state index contributed by atoms with van der Waals surface area (Å²) in [6.07, 6.45) is 0. The Kier molecular flexibility index (Phi) is 4.65. The molecule has 0 unspecified atom stereocenters. The summed E-state index contributed by atoms with van der Waals surface area (Å²) in [6.45, 7) is 0. The van der Waals surface area contributed by atoms with Crippen molar-refractivity contribution in [3.05, 3.63) is 52.8 Å². The Morgan fingerprint density at radius 3 is 2.57 bits per heavy atom. The van der Waals surface area contributed by atoms with Crippen LogP contribution in [0.2, 0.25) is 5.02 Å². The molecular formula is C15H14ClFN2O2. The van der Waals surface area contributed by atoms with E-state index in [4.69, 9.17) is 16.3 Å². The summed E-state index contributed by atoms with van der Waals surface area (Å²) in [4.78, 5) is 12.3. The molecule has 0 radical (unpaired) electrons. The normalized spacial score (nSPS) is 10.1. The molecule has 0 fully saturated rings. The van der Waals surface area contributed by atoms with Gasteiger partial charge in [-0.15, -0.1) is 0 Å². The summed E-state index contributed by atoms with van der Waals surface area (Å²) < 4.78 is 18.2. The van der Waals surface area contributed by atoms with Crippen LogP contribution in [0, 0.1) is 5.82 Å². The number of methoxy groups -OCH3 is 1. The van der Waals surface area contributed by atoms with Gasteiger partial charge in [-0.1, -0.05) is 11.6 Å². The molecule has 2 N–H and O–H groups in total. The van der Waals surface area contributed by atoms with Gasteiger partial charge in [0.25, 0.3) is 5.91 Å². The van der Waals surface area contributed by atoms with Crippen molar-refractivity contribution in [2.75, 3.05) is 24.8 Å². The Morgan fingerprint density at radius 2 is 1.90 bits per heavy atom. The van der Waals surface area contributed by atoms with Crippen LogP contribution in [0.5, 0.6) is 5.75 Å². The minimum atomic E-state index is -0.441. The van der Waals surface area contributed by atoms with Gasteiger partial charge >= 0.3 is 0 Å². The van der Waals surface area contributed by atoms with Crippen molar-refractivity contribution in [2.45, 2.75) is 0 Å². The molecule has 0 aromatic heterocycles. The summed E-state index contributed by atoms with van der Waals surface area (Å²) >= 11 is 5.92. The highest BCUT2D eigenvalue weighted by atomic mass is 35.5. The highest BCUT2D eigenvalue weighted by molar-refractivity contribution is 6.31. The maximum Gasteiger partial charge on any atom is 0.257 e. The molecule has 0 heterocycles. The van der Waals surface area contributed by atoms with Crippen LogP contribution in [0.15, 0.2) is 36.4 Å². The quantitative estimate of drug-likeness (QED) is 0.903. The summed E-state index contributed by atoms with van der Waals surface area (Å²) in [5, 5.41) is 6.04. The van der Waals surface area contributed by atoms with Crippen LogP contribution >= 0.6 is 11.6 Å². The highest BCUT2D eigenvalue weighted by Crippen LogP contribution is 2.27. The minimum Gasteiger partial charge on any atom is -0.494 e. The Morgan fingerprint density at radius 1 is 1.19 bits per heavy atom. The first-order valence-corrected chi connectivity index (χ1v) is 6.55. The van der Waals surface area contributed by atoms with E-state index in [-0.39, 0.29) is 11.7 Å². The number of nitrogens with one attached hydrogen (secondary N) is 2. The average Bonchev–Trinajstić information content (AvgIpc) is 2.48. The first kappa shape index (κ1) is 15.1. The van der Waals surface area contributed by atoms with Crippen LogP contribution in [0.25, 0.3) is 0 Å². The van der Waals surface area contributed by atoms with E-state index in [0.717, 1.165) is 0 Å². The number of carbonyl (C=O) groups excluding carboxylic acids is 1. The van der Waals surface area contributed by atoms with Crippen molar-refractivity contribution >= 4 is 28.9 Å². The maximum absolute atomic E-state index is 13.1. The van der Waals surface area contributed by atoms with Gasteiger partial charge in [0.15, 0.2) is 0 Å². The largest absolute Gasteiger partial charge is 0.494 e. The highest BCUT2D eigenvalue weighted by Gasteiger charge is 2.14. The molecule has 0 atom stereocenters. The third-order valence-electron chi connectivity index (χ3n) is 2.91. The number of benzene rings is 2. The maximum atomic E-state index is 13.1. The average molecular weight is 309 g/mol. The lowest BCUT2D eigenvalue weighted by molar-refractivity contribution is 0.102. The summed E-state index contributed by atoms with van der Waals surface area (Å²) in [5.74, 6) is -0.563. The van der Waals surface area contributed by atoms with Crippen molar-refractivity contribution < 1.29 is 13.9 Å². The van der Waals surface area contributed by atoms with Crippen LogP contribution in [0.1, 0.15) is 10.4 Å². The molecule has 0 aliphatic rings. The third kappa shape index (κ3) is 3.44. The van der Waals surface area contributed by atoms with Gasteiger partial charge in [-0.2, -0.15) is 0 Å². The lowest BCUT2D eigenvalue weighted by Gasteiger charge is -2.12. The van der Waals surface area contributed by atoms with Gasteiger partial charge in [0.05, 0.1) is 18.4 Å². The fourth-order valence-corrected chi connectivity index (χ4v) is 2.05. The number of hydrogen-bond acceptors (Lipinski definition) is 3. The zero-order valence-corrected chi connectivity index (χ0v) is 12.3. The van der Waals surface area contributed by atoms with E-state index >= 15 is 0 Å². The van der Waals surface area contributed by atoms with E-state index in [1.165, 1.54) is 25.3 Å². The number of hydrogen-bond donors (Lipinski definition) is 2. The summed E-state index contributed by atoms with van der Waals surface area (Å²) in [6, 6.07) is 8.83. The number of amides is 1. The fourth-order valence-electron chi connectivity index (χ4n) is 1.88. The molecule has 6 heteroatoms. The second kappa shape index (κ2) is 6.45. The fraction of sp³-hybridized carbons (Fsp3) is 0.133. The number of anilines is 2. The van der Waals surface area contributed by atoms with Gasteiger partial charge in [-0.25, -0.2) is 4.39 Å². The number of ether oxygens (including phenoxy) is 1. The summed E-state index contributed by atoms with van der Waals surface area (Å²) in [5.41, 5.74) is 1.40. The minimum absolute atomic E-state index is 0.247. The van der Waals surface area contributed by atoms with Crippen LogP contribution < -0.4 is 15.4 Å². The number of halogens is 2. The van der Waals surface area contributed by atoms with Crippen molar-refractivity contribution in [3.63, 3.8) is 0 Å². The van der Waals surface area contributed by atoms with Crippen LogP contribution in [0.3, 0.4) is 0 Å². The predicted octanol–water partition coefficient (Wildman–Crippen LogP) is 3.78. The zero-order chi connectivity index (χ0) is 15.4. The van der Waals surface area contributed by atoms with E-state index in [1.54, 1.807) is 25.2 Å². The van der Waals surface area contributed by atoms with E-state index < -0.39 is 5.82 Å². The van der Waals surface area contributed by atoms with Crippen LogP contribution in [-0.4, -0.2) is 20.1 Å². The van der Waals surface area contributed by atoms with Crippen LogP contribution in [0.4, 0.5) is 15.8 Å². The number of rotatable bonds is 4. The smallest absolute Gasteiger partial charge is 0.257 e. The van der Waals surface area contributed by atoms with Gasteiger partial charge in [0, 0.05) is 23.8 Å². The summed E-state index contributed by atoms with van der Waals surface area (Å²) in [7, 11) is 3.11. The molecule has 21 heavy (non-hydrogen) atoms.